The first-order valence-electron chi connectivity index (χ1n) is 6.48. The maximum Gasteiger partial charge on any atom is 0.271 e. The van der Waals surface area contributed by atoms with Crippen molar-refractivity contribution in [3.05, 3.63) is 42.0 Å². The molecule has 0 heterocycles. The van der Waals surface area contributed by atoms with Crippen LogP contribution in [-0.2, 0) is 11.2 Å². The molecule has 3 N–H and O–H groups in total. The Bertz CT molecular complexity index is 444. The number of hydrogen-bond acceptors (Lipinski definition) is 3. The summed E-state index contributed by atoms with van der Waals surface area (Å²) in [5.41, 5.74) is 4.22. The summed E-state index contributed by atoms with van der Waals surface area (Å²) in [6.45, 7) is 7.94. The lowest BCUT2D eigenvalue weighted by Gasteiger charge is -2.18. The third kappa shape index (κ3) is 4.10. The molecule has 1 amide bonds. The highest BCUT2D eigenvalue weighted by Crippen LogP contribution is 2.32. The predicted molar refractivity (Wildman–Crippen MR) is 76.9 cm³/mol. The monoisotopic (exact) mass is 262 g/mol. The molecule has 19 heavy (non-hydrogen) atoms. The fraction of sp³-hybridized carbons (Fsp3) is 0.400. The summed E-state index contributed by atoms with van der Waals surface area (Å²) >= 11 is 0. The molecule has 4 nitrogen and oxygen atoms in total. The number of carbonyl (C=O) groups excluding carboxylic acids is 1. The summed E-state index contributed by atoms with van der Waals surface area (Å²) in [7, 11) is 0. The van der Waals surface area contributed by atoms with Crippen molar-refractivity contribution in [3.63, 3.8) is 0 Å². The summed E-state index contributed by atoms with van der Waals surface area (Å²) in [5, 5.41) is 0. The number of carbonyl (C=O) groups is 1. The van der Waals surface area contributed by atoms with E-state index in [1.165, 1.54) is 0 Å². The van der Waals surface area contributed by atoms with Crippen molar-refractivity contribution in [2.24, 2.45) is 5.84 Å². The van der Waals surface area contributed by atoms with E-state index in [-0.39, 0.29) is 12.5 Å². The van der Waals surface area contributed by atoms with Gasteiger partial charge in [-0.3, -0.25) is 10.2 Å². The molecule has 0 aliphatic carbocycles. The molecule has 1 aromatic carbocycles. The highest BCUT2D eigenvalue weighted by Gasteiger charge is 2.14. The first-order valence-corrected chi connectivity index (χ1v) is 6.48. The first-order chi connectivity index (χ1) is 9.13. The normalized spacial score (nSPS) is 11.7. The standard InChI is InChI=1S/C15H22N2O2/c1-4-7-12-8-6-9-13(11(3)5-2)15(12)19-10-14(18)17-16/h4,6,8-9,11H,1,5,7,10,16H2,2-3H3,(H,17,18). The zero-order valence-corrected chi connectivity index (χ0v) is 11.6. The molecule has 0 aromatic heterocycles. The molecule has 0 radical (unpaired) electrons. The van der Waals surface area contributed by atoms with Gasteiger partial charge in [0.25, 0.3) is 5.91 Å². The Morgan fingerprint density at radius 1 is 1.58 bits per heavy atom. The topological polar surface area (TPSA) is 64.3 Å². The average Bonchev–Trinajstić information content (AvgIpc) is 2.44. The molecule has 1 rings (SSSR count). The summed E-state index contributed by atoms with van der Waals surface area (Å²) < 4.78 is 5.66. The van der Waals surface area contributed by atoms with Crippen LogP contribution in [0.15, 0.2) is 30.9 Å². The lowest BCUT2D eigenvalue weighted by molar-refractivity contribution is -0.123. The number of hydrazine groups is 1. The van der Waals surface area contributed by atoms with Crippen LogP contribution in [0.1, 0.15) is 37.3 Å². The quantitative estimate of drug-likeness (QED) is 0.343. The van der Waals surface area contributed by atoms with Crippen LogP contribution in [0.3, 0.4) is 0 Å². The van der Waals surface area contributed by atoms with Crippen LogP contribution in [0.25, 0.3) is 0 Å². The van der Waals surface area contributed by atoms with Crippen LogP contribution >= 0.6 is 0 Å². The van der Waals surface area contributed by atoms with Gasteiger partial charge in [0.15, 0.2) is 6.61 Å². The smallest absolute Gasteiger partial charge is 0.271 e. The number of para-hydroxylation sites is 1. The van der Waals surface area contributed by atoms with E-state index in [1.54, 1.807) is 0 Å². The minimum atomic E-state index is -0.344. The molecule has 1 atom stereocenters. The largest absolute Gasteiger partial charge is 0.483 e. The van der Waals surface area contributed by atoms with Crippen LogP contribution in [0.4, 0.5) is 0 Å². The molecular formula is C15H22N2O2. The number of nitrogens with one attached hydrogen (secondary N) is 1. The van der Waals surface area contributed by atoms with E-state index < -0.39 is 0 Å². The highest BCUT2D eigenvalue weighted by atomic mass is 16.5. The van der Waals surface area contributed by atoms with Gasteiger partial charge in [-0.05, 0) is 29.9 Å². The van der Waals surface area contributed by atoms with Gasteiger partial charge in [0.1, 0.15) is 5.75 Å². The Hall–Kier alpha value is -1.81. The Morgan fingerprint density at radius 2 is 2.32 bits per heavy atom. The summed E-state index contributed by atoms with van der Waals surface area (Å²) in [5.74, 6) is 5.87. The van der Waals surface area contributed by atoms with Crippen molar-refractivity contribution >= 4 is 5.91 Å². The van der Waals surface area contributed by atoms with Crippen molar-refractivity contribution in [1.29, 1.82) is 0 Å². The van der Waals surface area contributed by atoms with E-state index in [9.17, 15) is 4.79 Å². The van der Waals surface area contributed by atoms with Crippen LogP contribution in [0.2, 0.25) is 0 Å². The van der Waals surface area contributed by atoms with Crippen molar-refractivity contribution in [2.45, 2.75) is 32.6 Å². The van der Waals surface area contributed by atoms with Crippen molar-refractivity contribution < 1.29 is 9.53 Å². The van der Waals surface area contributed by atoms with Crippen LogP contribution < -0.4 is 16.0 Å². The van der Waals surface area contributed by atoms with E-state index in [1.807, 2.05) is 24.3 Å². The number of ether oxygens (including phenoxy) is 1. The Kier molecular flexibility index (Phi) is 6.09. The SMILES string of the molecule is C=CCc1cccc(C(C)CC)c1OCC(=O)NN. The molecule has 0 aliphatic heterocycles. The van der Waals surface area contributed by atoms with E-state index in [0.29, 0.717) is 12.3 Å². The molecule has 0 fully saturated rings. The van der Waals surface area contributed by atoms with E-state index in [0.717, 1.165) is 23.3 Å². The second-order valence-electron chi connectivity index (χ2n) is 4.49. The number of rotatable bonds is 7. The van der Waals surface area contributed by atoms with Gasteiger partial charge in [-0.15, -0.1) is 6.58 Å². The number of allylic oxidation sites excluding steroid dienone is 1. The molecule has 0 spiro atoms. The summed E-state index contributed by atoms with van der Waals surface area (Å²) in [6.07, 6.45) is 3.55. The number of hydrogen-bond donors (Lipinski definition) is 2. The van der Waals surface area contributed by atoms with Gasteiger partial charge >= 0.3 is 0 Å². The van der Waals surface area contributed by atoms with Crippen molar-refractivity contribution in [1.82, 2.24) is 5.43 Å². The lowest BCUT2D eigenvalue weighted by atomic mass is 9.94. The summed E-state index contributed by atoms with van der Waals surface area (Å²) in [6, 6.07) is 6.04. The second kappa shape index (κ2) is 7.59. The van der Waals surface area contributed by atoms with Crippen LogP contribution in [0, 0.1) is 0 Å². The van der Waals surface area contributed by atoms with E-state index >= 15 is 0 Å². The Labute approximate surface area is 114 Å². The van der Waals surface area contributed by atoms with Crippen molar-refractivity contribution in [3.8, 4) is 5.75 Å². The third-order valence-corrected chi connectivity index (χ3v) is 3.14. The van der Waals surface area contributed by atoms with E-state index in [4.69, 9.17) is 10.6 Å². The Morgan fingerprint density at radius 3 is 2.89 bits per heavy atom. The average molecular weight is 262 g/mol. The van der Waals surface area contributed by atoms with Crippen LogP contribution in [-0.4, -0.2) is 12.5 Å². The fourth-order valence-corrected chi connectivity index (χ4v) is 1.88. The zero-order chi connectivity index (χ0) is 14.3. The minimum Gasteiger partial charge on any atom is -0.483 e. The number of nitrogens with two attached hydrogens (primary N) is 1. The van der Waals surface area contributed by atoms with Gasteiger partial charge in [-0.25, -0.2) is 5.84 Å². The molecule has 0 aliphatic rings. The highest BCUT2D eigenvalue weighted by molar-refractivity contribution is 5.76. The van der Waals surface area contributed by atoms with Gasteiger partial charge in [-0.2, -0.15) is 0 Å². The molecular weight excluding hydrogens is 240 g/mol. The minimum absolute atomic E-state index is 0.0753. The molecule has 1 unspecified atom stereocenters. The van der Waals surface area contributed by atoms with Gasteiger partial charge in [-0.1, -0.05) is 38.1 Å². The van der Waals surface area contributed by atoms with Crippen molar-refractivity contribution in [2.75, 3.05) is 6.61 Å². The van der Waals surface area contributed by atoms with Gasteiger partial charge in [0.05, 0.1) is 0 Å². The number of amides is 1. The van der Waals surface area contributed by atoms with E-state index in [2.05, 4.69) is 25.9 Å². The third-order valence-electron chi connectivity index (χ3n) is 3.14. The zero-order valence-electron chi connectivity index (χ0n) is 11.6. The van der Waals surface area contributed by atoms with Gasteiger partial charge in [0.2, 0.25) is 0 Å². The molecule has 0 bridgehead atoms. The maximum absolute atomic E-state index is 11.2. The molecule has 0 saturated heterocycles. The second-order valence-corrected chi connectivity index (χ2v) is 4.49. The summed E-state index contributed by atoms with van der Waals surface area (Å²) in [4.78, 5) is 11.2. The van der Waals surface area contributed by atoms with Gasteiger partial charge in [0, 0.05) is 0 Å². The molecule has 104 valence electrons. The van der Waals surface area contributed by atoms with Crippen LogP contribution in [0.5, 0.6) is 5.75 Å². The lowest BCUT2D eigenvalue weighted by Crippen LogP contribution is -2.34. The maximum atomic E-state index is 11.2. The molecule has 1 aromatic rings. The fourth-order valence-electron chi connectivity index (χ4n) is 1.88. The first kappa shape index (κ1) is 15.2. The Balaban J connectivity index is 3.05. The van der Waals surface area contributed by atoms with Gasteiger partial charge < -0.3 is 4.74 Å². The molecule has 0 saturated carbocycles. The molecule has 4 heteroatoms. The number of benzene rings is 1. The predicted octanol–water partition coefficient (Wildman–Crippen LogP) is 2.30.